The fourth-order valence-corrected chi connectivity index (χ4v) is 2.76. The van der Waals surface area contributed by atoms with E-state index in [0.717, 1.165) is 24.7 Å². The van der Waals surface area contributed by atoms with E-state index in [1.54, 1.807) is 31.4 Å². The summed E-state index contributed by atoms with van der Waals surface area (Å²) in [6.07, 6.45) is 3.16. The first-order valence-electron chi connectivity index (χ1n) is 6.78. The third-order valence-electron chi connectivity index (χ3n) is 3.21. The van der Waals surface area contributed by atoms with E-state index in [4.69, 9.17) is 4.74 Å². The van der Waals surface area contributed by atoms with Crippen molar-refractivity contribution < 1.29 is 17.9 Å². The maximum atomic E-state index is 11.9. The summed E-state index contributed by atoms with van der Waals surface area (Å²) in [4.78, 5) is 11.9. The molecule has 1 aromatic carbocycles. The predicted octanol–water partition coefficient (Wildman–Crippen LogP) is 0.954. The average Bonchev–Trinajstić information content (AvgIpc) is 3.20. The van der Waals surface area contributed by atoms with E-state index in [1.165, 1.54) is 0 Å². The molecule has 1 atom stereocenters. The van der Waals surface area contributed by atoms with E-state index in [9.17, 15) is 13.2 Å². The summed E-state index contributed by atoms with van der Waals surface area (Å²) in [7, 11) is -1.85. The molecule has 2 rings (SSSR count). The molecule has 21 heavy (non-hydrogen) atoms. The van der Waals surface area contributed by atoms with Crippen molar-refractivity contribution in [3.8, 4) is 5.75 Å². The highest BCUT2D eigenvalue weighted by atomic mass is 32.2. The van der Waals surface area contributed by atoms with Crippen LogP contribution in [-0.2, 0) is 14.8 Å². The molecule has 0 aromatic heterocycles. The SMILES string of the molecule is COc1ccc([C@H](CC(=O)NC2CC2)NS(C)(=O)=O)cc1. The van der Waals surface area contributed by atoms with Crippen LogP contribution in [0.15, 0.2) is 24.3 Å². The number of carbonyl (C=O) groups excluding carboxylic acids is 1. The lowest BCUT2D eigenvalue weighted by atomic mass is 10.0. The van der Waals surface area contributed by atoms with Crippen molar-refractivity contribution in [2.75, 3.05) is 13.4 Å². The van der Waals surface area contributed by atoms with Crippen molar-refractivity contribution in [1.29, 1.82) is 0 Å². The van der Waals surface area contributed by atoms with E-state index in [-0.39, 0.29) is 18.4 Å². The standard InChI is InChI=1S/C14H20N2O4S/c1-20-12-7-3-10(4-8-12)13(16-21(2,18)19)9-14(17)15-11-5-6-11/h3-4,7-8,11,13,16H,5-6,9H2,1-2H3,(H,15,17)/t13-/m0/s1. The van der Waals surface area contributed by atoms with Crippen molar-refractivity contribution in [3.05, 3.63) is 29.8 Å². The fraction of sp³-hybridized carbons (Fsp3) is 0.500. The molecule has 116 valence electrons. The van der Waals surface area contributed by atoms with Crippen LogP contribution >= 0.6 is 0 Å². The minimum absolute atomic E-state index is 0.0793. The van der Waals surface area contributed by atoms with E-state index >= 15 is 0 Å². The maximum Gasteiger partial charge on any atom is 0.222 e. The molecule has 1 aliphatic carbocycles. The number of rotatable bonds is 7. The Hall–Kier alpha value is -1.60. The summed E-state index contributed by atoms with van der Waals surface area (Å²) in [5.74, 6) is 0.536. The highest BCUT2D eigenvalue weighted by molar-refractivity contribution is 7.88. The molecule has 0 heterocycles. The Morgan fingerprint density at radius 1 is 1.33 bits per heavy atom. The van der Waals surface area contributed by atoms with Crippen molar-refractivity contribution in [1.82, 2.24) is 10.0 Å². The van der Waals surface area contributed by atoms with Gasteiger partial charge in [-0.05, 0) is 30.5 Å². The van der Waals surface area contributed by atoms with E-state index in [0.29, 0.717) is 5.75 Å². The molecule has 0 saturated heterocycles. The molecule has 0 unspecified atom stereocenters. The molecule has 1 aliphatic rings. The first-order valence-corrected chi connectivity index (χ1v) is 8.67. The second-order valence-corrected chi connectivity index (χ2v) is 7.04. The van der Waals surface area contributed by atoms with Crippen molar-refractivity contribution in [3.63, 3.8) is 0 Å². The third-order valence-corrected chi connectivity index (χ3v) is 3.92. The Morgan fingerprint density at radius 2 is 1.95 bits per heavy atom. The Bertz CT molecular complexity index is 594. The molecule has 0 aliphatic heterocycles. The molecule has 0 spiro atoms. The summed E-state index contributed by atoms with van der Waals surface area (Å²) < 4.78 is 30.6. The predicted molar refractivity (Wildman–Crippen MR) is 79.5 cm³/mol. The van der Waals surface area contributed by atoms with Gasteiger partial charge in [-0.25, -0.2) is 13.1 Å². The zero-order valence-electron chi connectivity index (χ0n) is 12.1. The van der Waals surface area contributed by atoms with E-state index < -0.39 is 16.1 Å². The lowest BCUT2D eigenvalue weighted by Crippen LogP contribution is -2.34. The summed E-state index contributed by atoms with van der Waals surface area (Å²) in [5, 5.41) is 2.86. The number of hydrogen-bond donors (Lipinski definition) is 2. The van der Waals surface area contributed by atoms with Gasteiger partial charge >= 0.3 is 0 Å². The molecule has 1 aromatic rings. The normalized spacial score (nSPS) is 16.3. The van der Waals surface area contributed by atoms with Crippen LogP contribution in [0.25, 0.3) is 0 Å². The number of hydrogen-bond acceptors (Lipinski definition) is 4. The molecule has 1 saturated carbocycles. The molecule has 1 amide bonds. The lowest BCUT2D eigenvalue weighted by Gasteiger charge is -2.18. The topological polar surface area (TPSA) is 84.5 Å². The van der Waals surface area contributed by atoms with Gasteiger partial charge in [0.25, 0.3) is 0 Å². The summed E-state index contributed by atoms with van der Waals surface area (Å²) >= 11 is 0. The molecule has 0 bridgehead atoms. The van der Waals surface area contributed by atoms with Gasteiger partial charge in [-0.15, -0.1) is 0 Å². The Kier molecular flexibility index (Phi) is 4.84. The summed E-state index contributed by atoms with van der Waals surface area (Å²) in [5.41, 5.74) is 0.729. The number of nitrogens with one attached hydrogen (secondary N) is 2. The van der Waals surface area contributed by atoms with Gasteiger partial charge in [0.2, 0.25) is 15.9 Å². The van der Waals surface area contributed by atoms with Crippen molar-refractivity contribution >= 4 is 15.9 Å². The minimum Gasteiger partial charge on any atom is -0.497 e. The fourth-order valence-electron chi connectivity index (χ4n) is 2.02. The number of ether oxygens (including phenoxy) is 1. The molecule has 7 heteroatoms. The van der Waals surface area contributed by atoms with Crippen molar-refractivity contribution in [2.45, 2.75) is 31.3 Å². The van der Waals surface area contributed by atoms with Crippen LogP contribution in [0.4, 0.5) is 0 Å². The third kappa shape index (κ3) is 5.35. The number of methoxy groups -OCH3 is 1. The summed E-state index contributed by atoms with van der Waals surface area (Å²) in [6.45, 7) is 0. The quantitative estimate of drug-likeness (QED) is 0.785. The van der Waals surface area contributed by atoms with Gasteiger partial charge in [0.15, 0.2) is 0 Å². The van der Waals surface area contributed by atoms with E-state index in [2.05, 4.69) is 10.0 Å². The first kappa shape index (κ1) is 15.8. The van der Waals surface area contributed by atoms with Crippen LogP contribution in [0.3, 0.4) is 0 Å². The largest absolute Gasteiger partial charge is 0.497 e. The molecule has 6 nitrogen and oxygen atoms in total. The molecular weight excluding hydrogens is 292 g/mol. The number of benzene rings is 1. The summed E-state index contributed by atoms with van der Waals surface area (Å²) in [6, 6.07) is 6.67. The Balaban J connectivity index is 2.11. The van der Waals surface area contributed by atoms with Gasteiger partial charge in [0.05, 0.1) is 19.4 Å². The van der Waals surface area contributed by atoms with Gasteiger partial charge in [0.1, 0.15) is 5.75 Å². The molecular formula is C14H20N2O4S. The van der Waals surface area contributed by atoms with Crippen LogP contribution in [0.2, 0.25) is 0 Å². The maximum absolute atomic E-state index is 11.9. The van der Waals surface area contributed by atoms with E-state index in [1.807, 2.05) is 0 Å². The van der Waals surface area contributed by atoms with Crippen LogP contribution in [-0.4, -0.2) is 33.7 Å². The minimum atomic E-state index is -3.41. The Labute approximate surface area is 124 Å². The number of carbonyl (C=O) groups is 1. The van der Waals surface area contributed by atoms with Crippen LogP contribution < -0.4 is 14.8 Å². The van der Waals surface area contributed by atoms with Crippen molar-refractivity contribution in [2.24, 2.45) is 0 Å². The molecule has 0 radical (unpaired) electrons. The second-order valence-electron chi connectivity index (χ2n) is 5.26. The monoisotopic (exact) mass is 312 g/mol. The van der Waals surface area contributed by atoms with Crippen LogP contribution in [0.1, 0.15) is 30.9 Å². The van der Waals surface area contributed by atoms with Crippen LogP contribution in [0, 0.1) is 0 Å². The molecule has 2 N–H and O–H groups in total. The van der Waals surface area contributed by atoms with Gasteiger partial charge in [-0.1, -0.05) is 12.1 Å². The highest BCUT2D eigenvalue weighted by Crippen LogP contribution is 2.23. The first-order chi connectivity index (χ1) is 9.87. The number of amides is 1. The van der Waals surface area contributed by atoms with Gasteiger partial charge in [-0.3, -0.25) is 4.79 Å². The lowest BCUT2D eigenvalue weighted by molar-refractivity contribution is -0.121. The zero-order valence-corrected chi connectivity index (χ0v) is 12.9. The number of sulfonamides is 1. The van der Waals surface area contributed by atoms with Gasteiger partial charge in [0, 0.05) is 12.5 Å². The highest BCUT2D eigenvalue weighted by Gasteiger charge is 2.26. The van der Waals surface area contributed by atoms with Gasteiger partial charge < -0.3 is 10.1 Å². The molecule has 1 fully saturated rings. The second kappa shape index (κ2) is 6.44. The smallest absolute Gasteiger partial charge is 0.222 e. The van der Waals surface area contributed by atoms with Gasteiger partial charge in [-0.2, -0.15) is 0 Å². The Morgan fingerprint density at radius 3 is 2.43 bits per heavy atom. The average molecular weight is 312 g/mol. The zero-order chi connectivity index (χ0) is 15.5. The van der Waals surface area contributed by atoms with Crippen LogP contribution in [0.5, 0.6) is 5.75 Å².